The standard InChI is InChI=1S/C25H24IN3O3/c1-15-11-21(19(12-20(15)26)17-4-5-17)29(23(30)8-3-16-9-10-32-14-16)22-7-6-18-13-28(2)25(31)24(18)27-22/h6-7,11-12,16-17H,4-5,9-10,13-14H2,1-2H3/t16-/m1/s1. The first kappa shape index (κ1) is 21.4. The van der Waals surface area contributed by atoms with E-state index in [2.05, 4.69) is 51.5 Å². The largest absolute Gasteiger partial charge is 0.380 e. The summed E-state index contributed by atoms with van der Waals surface area (Å²) in [4.78, 5) is 34.0. The Hall–Kier alpha value is -2.44. The molecule has 2 fully saturated rings. The van der Waals surface area contributed by atoms with Gasteiger partial charge in [-0.25, -0.2) is 4.98 Å². The second-order valence-electron chi connectivity index (χ2n) is 8.74. The fourth-order valence-corrected chi connectivity index (χ4v) is 4.72. The number of pyridine rings is 1. The summed E-state index contributed by atoms with van der Waals surface area (Å²) in [6, 6.07) is 7.95. The molecule has 1 atom stereocenters. The minimum atomic E-state index is -0.328. The van der Waals surface area contributed by atoms with Crippen molar-refractivity contribution in [3.8, 4) is 11.8 Å². The summed E-state index contributed by atoms with van der Waals surface area (Å²) in [5, 5.41) is 0. The Bertz CT molecular complexity index is 1170. The first-order valence-electron chi connectivity index (χ1n) is 10.9. The molecule has 1 saturated heterocycles. The average Bonchev–Trinajstić information content (AvgIpc) is 3.41. The molecule has 2 aromatic rings. The molecule has 7 heteroatoms. The number of anilines is 2. The number of amides is 2. The van der Waals surface area contributed by atoms with Crippen LogP contribution in [0.2, 0.25) is 0 Å². The van der Waals surface area contributed by atoms with E-state index in [4.69, 9.17) is 4.74 Å². The van der Waals surface area contributed by atoms with E-state index in [0.29, 0.717) is 37.2 Å². The zero-order valence-corrected chi connectivity index (χ0v) is 20.3. The maximum Gasteiger partial charge on any atom is 0.308 e. The molecule has 1 aliphatic carbocycles. The molecule has 1 aromatic carbocycles. The Labute approximate surface area is 201 Å². The molecule has 0 spiro atoms. The van der Waals surface area contributed by atoms with Gasteiger partial charge in [0.05, 0.1) is 12.3 Å². The maximum absolute atomic E-state index is 13.5. The molecule has 1 saturated carbocycles. The number of carbonyl (C=O) groups is 2. The van der Waals surface area contributed by atoms with Crippen molar-refractivity contribution in [1.29, 1.82) is 0 Å². The van der Waals surface area contributed by atoms with Gasteiger partial charge in [-0.1, -0.05) is 12.0 Å². The highest BCUT2D eigenvalue weighted by molar-refractivity contribution is 14.1. The van der Waals surface area contributed by atoms with Crippen LogP contribution in [0.1, 0.15) is 52.4 Å². The summed E-state index contributed by atoms with van der Waals surface area (Å²) in [5.41, 5.74) is 4.35. The van der Waals surface area contributed by atoms with Gasteiger partial charge in [0.1, 0.15) is 11.5 Å². The summed E-state index contributed by atoms with van der Waals surface area (Å²) < 4.78 is 6.57. The van der Waals surface area contributed by atoms with Crippen LogP contribution in [-0.2, 0) is 16.1 Å². The number of benzene rings is 1. The molecule has 3 aliphatic rings. The summed E-state index contributed by atoms with van der Waals surface area (Å²) in [6.07, 6.45) is 3.06. The highest BCUT2D eigenvalue weighted by Gasteiger charge is 2.33. The van der Waals surface area contributed by atoms with Crippen LogP contribution < -0.4 is 4.90 Å². The van der Waals surface area contributed by atoms with Gasteiger partial charge in [-0.15, -0.1) is 0 Å². The number of ether oxygens (including phenoxy) is 1. The quantitative estimate of drug-likeness (QED) is 0.433. The third kappa shape index (κ3) is 4.02. The van der Waals surface area contributed by atoms with E-state index < -0.39 is 0 Å². The van der Waals surface area contributed by atoms with Gasteiger partial charge in [-0.05, 0) is 89.9 Å². The molecule has 2 aliphatic heterocycles. The molecule has 0 bridgehead atoms. The molecule has 0 unspecified atom stereocenters. The van der Waals surface area contributed by atoms with Gasteiger partial charge in [0.15, 0.2) is 0 Å². The van der Waals surface area contributed by atoms with E-state index >= 15 is 0 Å². The maximum atomic E-state index is 13.5. The molecule has 164 valence electrons. The van der Waals surface area contributed by atoms with Gasteiger partial charge in [0.25, 0.3) is 5.91 Å². The molecule has 32 heavy (non-hydrogen) atoms. The topological polar surface area (TPSA) is 62.7 Å². The van der Waals surface area contributed by atoms with Crippen molar-refractivity contribution in [3.05, 3.63) is 50.2 Å². The number of rotatable bonds is 3. The Morgan fingerprint density at radius 2 is 2.09 bits per heavy atom. The monoisotopic (exact) mass is 541 g/mol. The van der Waals surface area contributed by atoms with E-state index in [1.54, 1.807) is 16.8 Å². The van der Waals surface area contributed by atoms with E-state index in [1.165, 1.54) is 3.57 Å². The lowest BCUT2D eigenvalue weighted by atomic mass is 10.0. The number of hydrogen-bond acceptors (Lipinski definition) is 4. The Morgan fingerprint density at radius 3 is 2.81 bits per heavy atom. The van der Waals surface area contributed by atoms with E-state index in [9.17, 15) is 9.59 Å². The SMILES string of the molecule is Cc1cc(N(C(=O)C#C[C@@H]2CCOC2)c2ccc3c(n2)C(=O)N(C)C3)c(C2CC2)cc1I. The number of halogens is 1. The van der Waals surface area contributed by atoms with Crippen molar-refractivity contribution < 1.29 is 14.3 Å². The predicted octanol–water partition coefficient (Wildman–Crippen LogP) is 4.16. The second kappa shape index (κ2) is 8.49. The Balaban J connectivity index is 1.62. The van der Waals surface area contributed by atoms with Gasteiger partial charge >= 0.3 is 5.91 Å². The molecule has 1 aromatic heterocycles. The van der Waals surface area contributed by atoms with E-state index in [-0.39, 0.29) is 17.7 Å². The van der Waals surface area contributed by atoms with Crippen LogP contribution >= 0.6 is 22.6 Å². The first-order valence-corrected chi connectivity index (χ1v) is 12.0. The van der Waals surface area contributed by atoms with E-state index in [0.717, 1.165) is 41.6 Å². The zero-order valence-electron chi connectivity index (χ0n) is 18.2. The average molecular weight is 541 g/mol. The van der Waals surface area contributed by atoms with Gasteiger partial charge in [-0.2, -0.15) is 0 Å². The fraction of sp³-hybridized carbons (Fsp3) is 0.400. The van der Waals surface area contributed by atoms with Crippen LogP contribution in [-0.4, -0.2) is 42.0 Å². The van der Waals surface area contributed by atoms with Gasteiger partial charge in [0, 0.05) is 35.3 Å². The van der Waals surface area contributed by atoms with Crippen molar-refractivity contribution in [2.45, 2.75) is 38.6 Å². The highest BCUT2D eigenvalue weighted by Crippen LogP contribution is 2.46. The zero-order chi connectivity index (χ0) is 22.4. The number of hydrogen-bond donors (Lipinski definition) is 0. The van der Waals surface area contributed by atoms with Crippen LogP contribution in [0.25, 0.3) is 0 Å². The van der Waals surface area contributed by atoms with Gasteiger partial charge < -0.3 is 9.64 Å². The van der Waals surface area contributed by atoms with Gasteiger partial charge in [0.2, 0.25) is 0 Å². The minimum absolute atomic E-state index is 0.0744. The van der Waals surface area contributed by atoms with Crippen LogP contribution in [0.3, 0.4) is 0 Å². The molecule has 2 amide bonds. The normalized spacial score (nSPS) is 19.5. The second-order valence-corrected chi connectivity index (χ2v) is 9.91. The number of aromatic nitrogens is 1. The van der Waals surface area contributed by atoms with E-state index in [1.807, 2.05) is 19.1 Å². The highest BCUT2D eigenvalue weighted by atomic mass is 127. The minimum Gasteiger partial charge on any atom is -0.380 e. The summed E-state index contributed by atoms with van der Waals surface area (Å²) in [6.45, 7) is 3.82. The molecule has 6 nitrogen and oxygen atoms in total. The van der Waals surface area contributed by atoms with Crippen LogP contribution in [0, 0.1) is 28.3 Å². The summed E-state index contributed by atoms with van der Waals surface area (Å²) in [5.74, 6) is 6.44. The Kier molecular flexibility index (Phi) is 5.68. The molecular formula is C25H24IN3O3. The lowest BCUT2D eigenvalue weighted by Gasteiger charge is -2.24. The lowest BCUT2D eigenvalue weighted by Crippen LogP contribution is -2.27. The molecule has 5 rings (SSSR count). The third-order valence-electron chi connectivity index (χ3n) is 6.23. The number of carbonyl (C=O) groups excluding carboxylic acids is 2. The van der Waals surface area contributed by atoms with Crippen molar-refractivity contribution in [3.63, 3.8) is 0 Å². The number of fused-ring (bicyclic) bond motifs is 1. The lowest BCUT2D eigenvalue weighted by molar-refractivity contribution is -0.112. The summed E-state index contributed by atoms with van der Waals surface area (Å²) in [7, 11) is 1.76. The van der Waals surface area contributed by atoms with Crippen molar-refractivity contribution >= 4 is 45.9 Å². The number of nitrogens with zero attached hydrogens (tertiary/aromatic N) is 3. The van der Waals surface area contributed by atoms with Crippen molar-refractivity contribution in [2.24, 2.45) is 5.92 Å². The predicted molar refractivity (Wildman–Crippen MR) is 130 cm³/mol. The third-order valence-corrected chi connectivity index (χ3v) is 7.39. The van der Waals surface area contributed by atoms with Crippen molar-refractivity contribution in [1.82, 2.24) is 9.88 Å². The summed E-state index contributed by atoms with van der Waals surface area (Å²) >= 11 is 2.34. The van der Waals surface area contributed by atoms with Crippen molar-refractivity contribution in [2.75, 3.05) is 25.2 Å². The van der Waals surface area contributed by atoms with Crippen LogP contribution in [0.4, 0.5) is 11.5 Å². The van der Waals surface area contributed by atoms with Gasteiger partial charge in [-0.3, -0.25) is 14.5 Å². The van der Waals surface area contributed by atoms with Crippen LogP contribution in [0.15, 0.2) is 24.3 Å². The smallest absolute Gasteiger partial charge is 0.308 e. The molecular weight excluding hydrogens is 517 g/mol. The molecule has 0 radical (unpaired) electrons. The fourth-order valence-electron chi connectivity index (χ4n) is 4.22. The molecule has 3 heterocycles. The van der Waals surface area contributed by atoms with Crippen LogP contribution in [0.5, 0.6) is 0 Å². The Morgan fingerprint density at radius 1 is 1.28 bits per heavy atom. The first-order chi connectivity index (χ1) is 15.4. The number of aryl methyl sites for hydroxylation is 1. The molecule has 0 N–H and O–H groups in total.